The molecule has 1 aromatic heterocycles. The molecule has 29 heavy (non-hydrogen) atoms. The second-order valence-electron chi connectivity index (χ2n) is 6.37. The van der Waals surface area contributed by atoms with E-state index in [9.17, 15) is 4.79 Å². The Balaban J connectivity index is 1.61. The van der Waals surface area contributed by atoms with Gasteiger partial charge in [-0.3, -0.25) is 4.79 Å². The molecule has 3 rings (SSSR count). The normalized spacial score (nSPS) is 11.6. The van der Waals surface area contributed by atoms with Crippen molar-refractivity contribution in [2.24, 2.45) is 0 Å². The maximum atomic E-state index is 12.3. The van der Waals surface area contributed by atoms with Crippen molar-refractivity contribution in [1.29, 1.82) is 0 Å². The summed E-state index contributed by atoms with van der Waals surface area (Å²) in [6, 6.07) is 12.8. The molecule has 0 saturated heterocycles. The van der Waals surface area contributed by atoms with Crippen molar-refractivity contribution in [3.05, 3.63) is 53.9 Å². The molecule has 0 saturated carbocycles. The molecule has 8 heteroatoms. The number of nitrogens with one attached hydrogen (secondary N) is 1. The minimum Gasteiger partial charge on any atom is -0.497 e. The molecule has 1 heterocycles. The Labute approximate surface area is 168 Å². The molecular formula is C21H23N3O5. The van der Waals surface area contributed by atoms with Crippen LogP contribution in [0.1, 0.15) is 18.4 Å². The van der Waals surface area contributed by atoms with Gasteiger partial charge in [-0.2, -0.15) is 4.98 Å². The van der Waals surface area contributed by atoms with E-state index >= 15 is 0 Å². The van der Waals surface area contributed by atoms with Gasteiger partial charge in [-0.25, -0.2) is 0 Å². The summed E-state index contributed by atoms with van der Waals surface area (Å²) in [4.78, 5) is 16.6. The first kappa shape index (κ1) is 20.2. The summed E-state index contributed by atoms with van der Waals surface area (Å²) >= 11 is 0. The minimum atomic E-state index is -0.666. The van der Waals surface area contributed by atoms with Gasteiger partial charge in [-0.1, -0.05) is 17.3 Å². The van der Waals surface area contributed by atoms with Crippen molar-refractivity contribution in [2.75, 3.05) is 14.2 Å². The summed E-state index contributed by atoms with van der Waals surface area (Å²) < 4.78 is 21.4. The van der Waals surface area contributed by atoms with Crippen molar-refractivity contribution < 1.29 is 23.5 Å². The standard InChI is InChI=1S/C21H23N3O5/c1-13-6-5-7-16(10-13)28-14(2)21(25)22-12-19-23-20(24-29-19)17-9-8-15(26-3)11-18(17)27-4/h5-11,14H,12H2,1-4H3,(H,22,25)/t14-/m0/s1. The van der Waals surface area contributed by atoms with E-state index in [1.807, 2.05) is 31.2 Å². The highest BCUT2D eigenvalue weighted by atomic mass is 16.5. The average Bonchev–Trinajstić information content (AvgIpc) is 3.20. The summed E-state index contributed by atoms with van der Waals surface area (Å²) in [5, 5.41) is 6.70. The van der Waals surface area contributed by atoms with Crippen LogP contribution in [-0.4, -0.2) is 36.4 Å². The predicted octanol–water partition coefficient (Wildman–Crippen LogP) is 3.15. The van der Waals surface area contributed by atoms with E-state index < -0.39 is 6.10 Å². The maximum absolute atomic E-state index is 12.3. The lowest BCUT2D eigenvalue weighted by Gasteiger charge is -2.14. The maximum Gasteiger partial charge on any atom is 0.261 e. The smallest absolute Gasteiger partial charge is 0.261 e. The summed E-state index contributed by atoms with van der Waals surface area (Å²) in [6.07, 6.45) is -0.666. The van der Waals surface area contributed by atoms with Crippen LogP contribution in [0.4, 0.5) is 0 Å². The number of carbonyl (C=O) groups is 1. The van der Waals surface area contributed by atoms with Crippen LogP contribution >= 0.6 is 0 Å². The largest absolute Gasteiger partial charge is 0.497 e. The number of nitrogens with zero attached hydrogens (tertiary/aromatic N) is 2. The molecular weight excluding hydrogens is 374 g/mol. The quantitative estimate of drug-likeness (QED) is 0.624. The summed E-state index contributed by atoms with van der Waals surface area (Å²) in [5.74, 6) is 2.20. The Morgan fingerprint density at radius 3 is 2.69 bits per heavy atom. The van der Waals surface area contributed by atoms with E-state index in [1.54, 1.807) is 39.3 Å². The SMILES string of the molecule is COc1ccc(-c2noc(CNC(=O)[C@H](C)Oc3cccc(C)c3)n2)c(OC)c1. The third-order valence-corrected chi connectivity index (χ3v) is 4.20. The van der Waals surface area contributed by atoms with Gasteiger partial charge in [-0.15, -0.1) is 0 Å². The highest BCUT2D eigenvalue weighted by molar-refractivity contribution is 5.80. The molecule has 0 spiro atoms. The van der Waals surface area contributed by atoms with Gasteiger partial charge in [0.05, 0.1) is 26.3 Å². The van der Waals surface area contributed by atoms with Crippen LogP contribution in [0.2, 0.25) is 0 Å². The Morgan fingerprint density at radius 1 is 1.14 bits per heavy atom. The predicted molar refractivity (Wildman–Crippen MR) is 106 cm³/mol. The van der Waals surface area contributed by atoms with E-state index in [0.717, 1.165) is 5.56 Å². The first-order valence-corrected chi connectivity index (χ1v) is 9.06. The third-order valence-electron chi connectivity index (χ3n) is 4.20. The number of aryl methyl sites for hydroxylation is 1. The van der Waals surface area contributed by atoms with Crippen LogP contribution in [-0.2, 0) is 11.3 Å². The third kappa shape index (κ3) is 5.04. The molecule has 0 radical (unpaired) electrons. The van der Waals surface area contributed by atoms with Crippen LogP contribution < -0.4 is 19.5 Å². The number of amides is 1. The second-order valence-corrected chi connectivity index (χ2v) is 6.37. The number of aromatic nitrogens is 2. The summed E-state index contributed by atoms with van der Waals surface area (Å²) in [6.45, 7) is 3.73. The van der Waals surface area contributed by atoms with Crippen LogP contribution in [0.15, 0.2) is 47.0 Å². The highest BCUT2D eigenvalue weighted by Crippen LogP contribution is 2.31. The number of benzene rings is 2. The van der Waals surface area contributed by atoms with E-state index in [2.05, 4.69) is 15.5 Å². The van der Waals surface area contributed by atoms with Crippen molar-refractivity contribution in [3.8, 4) is 28.6 Å². The van der Waals surface area contributed by atoms with Crippen molar-refractivity contribution >= 4 is 5.91 Å². The number of methoxy groups -OCH3 is 2. The molecule has 3 aromatic rings. The zero-order chi connectivity index (χ0) is 20.8. The first-order valence-electron chi connectivity index (χ1n) is 9.06. The molecule has 0 unspecified atom stereocenters. The molecule has 8 nitrogen and oxygen atoms in total. The van der Waals surface area contributed by atoms with Crippen LogP contribution in [0, 0.1) is 6.92 Å². The lowest BCUT2D eigenvalue weighted by molar-refractivity contribution is -0.127. The monoisotopic (exact) mass is 397 g/mol. The van der Waals surface area contributed by atoms with Gasteiger partial charge in [0.15, 0.2) is 6.10 Å². The Kier molecular flexibility index (Phi) is 6.33. The van der Waals surface area contributed by atoms with Crippen LogP contribution in [0.3, 0.4) is 0 Å². The molecule has 0 aliphatic carbocycles. The molecule has 0 bridgehead atoms. The van der Waals surface area contributed by atoms with E-state index in [-0.39, 0.29) is 18.3 Å². The van der Waals surface area contributed by atoms with Gasteiger partial charge < -0.3 is 24.1 Å². The lowest BCUT2D eigenvalue weighted by Crippen LogP contribution is -2.36. The van der Waals surface area contributed by atoms with Crippen molar-refractivity contribution in [1.82, 2.24) is 15.5 Å². The van der Waals surface area contributed by atoms with Gasteiger partial charge in [0, 0.05) is 6.07 Å². The fourth-order valence-electron chi connectivity index (χ4n) is 2.67. The molecule has 152 valence electrons. The topological polar surface area (TPSA) is 95.7 Å². The molecule has 0 fully saturated rings. The fraction of sp³-hybridized carbons (Fsp3) is 0.286. The highest BCUT2D eigenvalue weighted by Gasteiger charge is 2.18. The van der Waals surface area contributed by atoms with Gasteiger partial charge >= 0.3 is 0 Å². The Bertz CT molecular complexity index is 986. The van der Waals surface area contributed by atoms with Crippen molar-refractivity contribution in [2.45, 2.75) is 26.5 Å². The zero-order valence-corrected chi connectivity index (χ0v) is 16.8. The number of hydrogen-bond acceptors (Lipinski definition) is 7. The van der Waals surface area contributed by atoms with Gasteiger partial charge in [-0.05, 0) is 43.7 Å². The average molecular weight is 397 g/mol. The lowest BCUT2D eigenvalue weighted by atomic mass is 10.2. The number of hydrogen-bond donors (Lipinski definition) is 1. The Hall–Kier alpha value is -3.55. The molecule has 1 atom stereocenters. The van der Waals surface area contributed by atoms with E-state index in [0.29, 0.717) is 28.6 Å². The Morgan fingerprint density at radius 2 is 1.97 bits per heavy atom. The van der Waals surface area contributed by atoms with E-state index in [1.165, 1.54) is 0 Å². The number of ether oxygens (including phenoxy) is 3. The van der Waals surface area contributed by atoms with Gasteiger partial charge in [0.25, 0.3) is 5.91 Å². The van der Waals surface area contributed by atoms with E-state index in [4.69, 9.17) is 18.7 Å². The van der Waals surface area contributed by atoms with Crippen LogP contribution in [0.5, 0.6) is 17.2 Å². The van der Waals surface area contributed by atoms with Crippen LogP contribution in [0.25, 0.3) is 11.4 Å². The zero-order valence-electron chi connectivity index (χ0n) is 16.8. The molecule has 0 aliphatic rings. The first-order chi connectivity index (χ1) is 14.0. The van der Waals surface area contributed by atoms with Crippen molar-refractivity contribution in [3.63, 3.8) is 0 Å². The summed E-state index contributed by atoms with van der Waals surface area (Å²) in [7, 11) is 3.13. The molecule has 1 N–H and O–H groups in total. The molecule has 1 amide bonds. The number of carbonyl (C=O) groups excluding carboxylic acids is 1. The molecule has 2 aromatic carbocycles. The molecule has 0 aliphatic heterocycles. The second kappa shape index (κ2) is 9.09. The van der Waals surface area contributed by atoms with Gasteiger partial charge in [0.1, 0.15) is 17.2 Å². The minimum absolute atomic E-state index is 0.0891. The fourth-order valence-corrected chi connectivity index (χ4v) is 2.67. The summed E-state index contributed by atoms with van der Waals surface area (Å²) in [5.41, 5.74) is 1.72. The van der Waals surface area contributed by atoms with Gasteiger partial charge in [0.2, 0.25) is 11.7 Å². The number of rotatable bonds is 8.